The van der Waals surface area contributed by atoms with Crippen molar-refractivity contribution >= 4 is 0 Å². The third-order valence-corrected chi connectivity index (χ3v) is 2.76. The second-order valence-electron chi connectivity index (χ2n) is 3.81. The van der Waals surface area contributed by atoms with Crippen molar-refractivity contribution in [2.45, 2.75) is 25.8 Å². The van der Waals surface area contributed by atoms with Gasteiger partial charge in [0.2, 0.25) is 0 Å². The van der Waals surface area contributed by atoms with Crippen molar-refractivity contribution in [1.29, 1.82) is 0 Å². The fraction of sp³-hybridized carbons (Fsp3) is 0.455. The first-order valence-electron chi connectivity index (χ1n) is 4.85. The van der Waals surface area contributed by atoms with Crippen molar-refractivity contribution in [3.63, 3.8) is 0 Å². The van der Waals surface area contributed by atoms with E-state index in [-0.39, 0.29) is 0 Å². The zero-order valence-corrected chi connectivity index (χ0v) is 8.03. The normalized spacial score (nSPS) is 23.7. The van der Waals surface area contributed by atoms with Crippen LogP contribution in [0.5, 0.6) is 0 Å². The van der Waals surface area contributed by atoms with Crippen molar-refractivity contribution < 1.29 is 0 Å². The fourth-order valence-corrected chi connectivity index (χ4v) is 1.94. The van der Waals surface area contributed by atoms with Crippen LogP contribution in [0.15, 0.2) is 24.3 Å². The number of hydrogen-bond donors (Lipinski definition) is 1. The van der Waals surface area contributed by atoms with Gasteiger partial charge in [-0.25, -0.2) is 5.01 Å². The largest absolute Gasteiger partial charge is 0.268 e. The molecule has 70 valence electrons. The Bertz CT molecular complexity index is 279. The fourth-order valence-electron chi connectivity index (χ4n) is 1.94. The first-order chi connectivity index (χ1) is 6.27. The van der Waals surface area contributed by atoms with Crippen molar-refractivity contribution in [3.05, 3.63) is 35.4 Å². The number of hydrogen-bond acceptors (Lipinski definition) is 2. The summed E-state index contributed by atoms with van der Waals surface area (Å²) in [5.41, 5.74) is 2.66. The number of benzene rings is 1. The Balaban J connectivity index is 2.20. The minimum Gasteiger partial charge on any atom is -0.268 e. The highest BCUT2D eigenvalue weighted by atomic mass is 15.4. The molecule has 1 aromatic carbocycles. The number of hydrazine groups is 1. The maximum atomic E-state index is 5.88. The summed E-state index contributed by atoms with van der Waals surface area (Å²) in [5.74, 6) is 5.88. The number of aryl methyl sites for hydroxylation is 1. The Morgan fingerprint density at radius 2 is 2.00 bits per heavy atom. The van der Waals surface area contributed by atoms with Gasteiger partial charge in [0, 0.05) is 12.6 Å². The monoisotopic (exact) mass is 176 g/mol. The Labute approximate surface area is 79.3 Å². The number of rotatable bonds is 1. The molecule has 1 unspecified atom stereocenters. The van der Waals surface area contributed by atoms with E-state index in [9.17, 15) is 0 Å². The lowest BCUT2D eigenvalue weighted by molar-refractivity contribution is 0.266. The Morgan fingerprint density at radius 1 is 1.31 bits per heavy atom. The van der Waals surface area contributed by atoms with Crippen LogP contribution >= 0.6 is 0 Å². The van der Waals surface area contributed by atoms with Crippen LogP contribution in [0.2, 0.25) is 0 Å². The molecule has 2 nitrogen and oxygen atoms in total. The van der Waals surface area contributed by atoms with Gasteiger partial charge in [0.25, 0.3) is 0 Å². The average Bonchev–Trinajstić information content (AvgIpc) is 2.53. The van der Waals surface area contributed by atoms with Crippen molar-refractivity contribution in [2.75, 3.05) is 6.54 Å². The molecule has 1 fully saturated rings. The van der Waals surface area contributed by atoms with E-state index in [2.05, 4.69) is 31.2 Å². The SMILES string of the molecule is Cc1ccc(C2CCCN2N)cc1. The maximum Gasteiger partial charge on any atom is 0.0491 e. The molecule has 2 heteroatoms. The van der Waals surface area contributed by atoms with Crippen molar-refractivity contribution in [1.82, 2.24) is 5.01 Å². The smallest absolute Gasteiger partial charge is 0.0491 e. The Morgan fingerprint density at radius 3 is 2.54 bits per heavy atom. The lowest BCUT2D eigenvalue weighted by Gasteiger charge is -2.19. The van der Waals surface area contributed by atoms with Crippen LogP contribution in [-0.2, 0) is 0 Å². The quantitative estimate of drug-likeness (QED) is 0.663. The van der Waals surface area contributed by atoms with Gasteiger partial charge in [-0.3, -0.25) is 5.84 Å². The maximum absolute atomic E-state index is 5.88. The van der Waals surface area contributed by atoms with Gasteiger partial charge in [-0.05, 0) is 25.3 Å². The molecular formula is C11H16N2. The van der Waals surface area contributed by atoms with Crippen LogP contribution in [0.3, 0.4) is 0 Å². The highest BCUT2D eigenvalue weighted by Gasteiger charge is 2.22. The molecule has 1 atom stereocenters. The second kappa shape index (κ2) is 3.48. The molecule has 1 heterocycles. The average molecular weight is 176 g/mol. The van der Waals surface area contributed by atoms with Gasteiger partial charge < -0.3 is 0 Å². The minimum absolute atomic E-state index is 0.445. The summed E-state index contributed by atoms with van der Waals surface area (Å²) in [6.45, 7) is 3.14. The van der Waals surface area contributed by atoms with Crippen LogP contribution in [-0.4, -0.2) is 11.6 Å². The number of nitrogens with two attached hydrogens (primary N) is 1. The van der Waals surface area contributed by atoms with Crippen molar-refractivity contribution in [3.8, 4) is 0 Å². The molecule has 1 aliphatic rings. The molecule has 0 radical (unpaired) electrons. The lowest BCUT2D eigenvalue weighted by Crippen LogP contribution is -2.30. The van der Waals surface area contributed by atoms with Gasteiger partial charge in [0.15, 0.2) is 0 Å². The molecule has 0 spiro atoms. The minimum atomic E-state index is 0.445. The summed E-state index contributed by atoms with van der Waals surface area (Å²) in [7, 11) is 0. The molecule has 1 aromatic rings. The molecule has 0 saturated carbocycles. The molecule has 0 amide bonds. The third kappa shape index (κ3) is 1.74. The molecule has 0 aromatic heterocycles. The lowest BCUT2D eigenvalue weighted by atomic mass is 10.0. The van der Waals surface area contributed by atoms with Crippen LogP contribution in [0.1, 0.15) is 30.0 Å². The molecule has 2 rings (SSSR count). The van der Waals surface area contributed by atoms with Crippen LogP contribution in [0.25, 0.3) is 0 Å². The van der Waals surface area contributed by atoms with Crippen LogP contribution < -0.4 is 5.84 Å². The van der Waals surface area contributed by atoms with E-state index in [1.807, 2.05) is 5.01 Å². The van der Waals surface area contributed by atoms with Crippen LogP contribution in [0.4, 0.5) is 0 Å². The van der Waals surface area contributed by atoms with E-state index in [4.69, 9.17) is 5.84 Å². The third-order valence-electron chi connectivity index (χ3n) is 2.76. The Hall–Kier alpha value is -0.860. The summed E-state index contributed by atoms with van der Waals surface area (Å²) >= 11 is 0. The first kappa shape index (κ1) is 8.73. The summed E-state index contributed by atoms with van der Waals surface area (Å²) in [4.78, 5) is 0. The van der Waals surface area contributed by atoms with Gasteiger partial charge in [0.1, 0.15) is 0 Å². The second-order valence-corrected chi connectivity index (χ2v) is 3.81. The molecule has 0 aliphatic carbocycles. The molecule has 1 saturated heterocycles. The number of nitrogens with zero attached hydrogens (tertiary/aromatic N) is 1. The van der Waals surface area contributed by atoms with E-state index in [0.717, 1.165) is 6.54 Å². The predicted molar refractivity (Wildman–Crippen MR) is 54.0 cm³/mol. The van der Waals surface area contributed by atoms with Gasteiger partial charge in [-0.15, -0.1) is 0 Å². The van der Waals surface area contributed by atoms with Gasteiger partial charge >= 0.3 is 0 Å². The van der Waals surface area contributed by atoms with Gasteiger partial charge in [-0.1, -0.05) is 29.8 Å². The zero-order valence-electron chi connectivity index (χ0n) is 8.03. The highest BCUT2D eigenvalue weighted by molar-refractivity contribution is 5.24. The van der Waals surface area contributed by atoms with E-state index < -0.39 is 0 Å². The summed E-state index contributed by atoms with van der Waals surface area (Å²) < 4.78 is 0. The molecule has 1 aliphatic heterocycles. The van der Waals surface area contributed by atoms with E-state index >= 15 is 0 Å². The van der Waals surface area contributed by atoms with E-state index in [1.54, 1.807) is 0 Å². The summed E-state index contributed by atoms with van der Waals surface area (Å²) in [6.07, 6.45) is 2.41. The van der Waals surface area contributed by atoms with E-state index in [0.29, 0.717) is 6.04 Å². The molecular weight excluding hydrogens is 160 g/mol. The summed E-state index contributed by atoms with van der Waals surface area (Å²) in [5, 5.41) is 1.95. The first-order valence-corrected chi connectivity index (χ1v) is 4.85. The van der Waals surface area contributed by atoms with E-state index in [1.165, 1.54) is 24.0 Å². The summed E-state index contributed by atoms with van der Waals surface area (Å²) in [6, 6.07) is 9.12. The van der Waals surface area contributed by atoms with Gasteiger partial charge in [-0.2, -0.15) is 0 Å². The van der Waals surface area contributed by atoms with Crippen LogP contribution in [0, 0.1) is 6.92 Å². The molecule has 2 N–H and O–H groups in total. The zero-order chi connectivity index (χ0) is 9.26. The molecule has 0 bridgehead atoms. The van der Waals surface area contributed by atoms with Gasteiger partial charge in [0.05, 0.1) is 0 Å². The topological polar surface area (TPSA) is 29.3 Å². The molecule has 13 heavy (non-hydrogen) atoms. The van der Waals surface area contributed by atoms with Crippen molar-refractivity contribution in [2.24, 2.45) is 5.84 Å². The standard InChI is InChI=1S/C11H16N2/c1-9-4-6-10(7-5-9)11-3-2-8-13(11)12/h4-7,11H,2-3,8,12H2,1H3. The Kier molecular flexibility index (Phi) is 2.34. The highest BCUT2D eigenvalue weighted by Crippen LogP contribution is 2.28. The predicted octanol–water partition coefficient (Wildman–Crippen LogP) is 2.01.